The van der Waals surface area contributed by atoms with E-state index in [1.165, 1.54) is 6.07 Å². The standard InChI is InChI=1S/C9H9ClF3N/c1-6(10)4-8-3-2-7(5-14-8)9(11,12)13/h2-3,5-6H,4H2,1H3. The zero-order valence-corrected chi connectivity index (χ0v) is 8.23. The number of nitrogens with zero attached hydrogens (tertiary/aromatic N) is 1. The molecule has 0 aliphatic carbocycles. The quantitative estimate of drug-likeness (QED) is 0.702. The lowest BCUT2D eigenvalue weighted by molar-refractivity contribution is -0.137. The van der Waals surface area contributed by atoms with Crippen LogP contribution in [0, 0.1) is 0 Å². The molecule has 0 radical (unpaired) electrons. The van der Waals surface area contributed by atoms with Crippen LogP contribution in [0.15, 0.2) is 18.3 Å². The van der Waals surface area contributed by atoms with Gasteiger partial charge in [-0.15, -0.1) is 11.6 Å². The number of hydrogen-bond acceptors (Lipinski definition) is 1. The fourth-order valence-electron chi connectivity index (χ4n) is 1.00. The Hall–Kier alpha value is -0.770. The van der Waals surface area contributed by atoms with Crippen molar-refractivity contribution in [2.24, 2.45) is 0 Å². The van der Waals surface area contributed by atoms with Crippen LogP contribution in [0.1, 0.15) is 18.2 Å². The van der Waals surface area contributed by atoms with E-state index in [0.29, 0.717) is 12.1 Å². The summed E-state index contributed by atoms with van der Waals surface area (Å²) in [5.74, 6) is 0. The smallest absolute Gasteiger partial charge is 0.261 e. The van der Waals surface area contributed by atoms with Crippen LogP contribution < -0.4 is 0 Å². The third kappa shape index (κ3) is 3.18. The van der Waals surface area contributed by atoms with Crippen LogP contribution >= 0.6 is 11.6 Å². The highest BCUT2D eigenvalue weighted by Gasteiger charge is 2.30. The molecule has 5 heteroatoms. The molecule has 0 aromatic carbocycles. The van der Waals surface area contributed by atoms with Gasteiger partial charge in [0.25, 0.3) is 0 Å². The molecule has 1 unspecified atom stereocenters. The molecule has 0 spiro atoms. The highest BCUT2D eigenvalue weighted by molar-refractivity contribution is 6.20. The third-order valence-electron chi connectivity index (χ3n) is 1.64. The lowest BCUT2D eigenvalue weighted by Crippen LogP contribution is -2.07. The predicted octanol–water partition coefficient (Wildman–Crippen LogP) is 3.27. The number of aromatic nitrogens is 1. The van der Waals surface area contributed by atoms with E-state index >= 15 is 0 Å². The third-order valence-corrected chi connectivity index (χ3v) is 1.80. The summed E-state index contributed by atoms with van der Waals surface area (Å²) in [4.78, 5) is 3.68. The van der Waals surface area contributed by atoms with Crippen LogP contribution in [0.2, 0.25) is 0 Å². The van der Waals surface area contributed by atoms with Crippen molar-refractivity contribution >= 4 is 11.6 Å². The second-order valence-corrected chi connectivity index (χ2v) is 3.77. The Balaban J connectivity index is 2.79. The van der Waals surface area contributed by atoms with Gasteiger partial charge in [-0.05, 0) is 19.1 Å². The van der Waals surface area contributed by atoms with Crippen molar-refractivity contribution in [1.29, 1.82) is 0 Å². The van der Waals surface area contributed by atoms with Gasteiger partial charge in [0.05, 0.1) is 5.56 Å². The zero-order chi connectivity index (χ0) is 10.8. The summed E-state index contributed by atoms with van der Waals surface area (Å²) in [6, 6.07) is 2.36. The topological polar surface area (TPSA) is 12.9 Å². The Labute approximate surface area is 84.9 Å². The van der Waals surface area contributed by atoms with Gasteiger partial charge in [-0.1, -0.05) is 0 Å². The van der Waals surface area contributed by atoms with E-state index in [4.69, 9.17) is 11.6 Å². The van der Waals surface area contributed by atoms with Crippen molar-refractivity contribution < 1.29 is 13.2 Å². The first-order valence-corrected chi connectivity index (χ1v) is 4.49. The number of rotatable bonds is 2. The van der Waals surface area contributed by atoms with Crippen molar-refractivity contribution in [3.05, 3.63) is 29.6 Å². The van der Waals surface area contributed by atoms with Gasteiger partial charge < -0.3 is 0 Å². The second-order valence-electron chi connectivity index (χ2n) is 3.02. The Kier molecular flexibility index (Phi) is 3.37. The summed E-state index contributed by atoms with van der Waals surface area (Å²) in [6.07, 6.45) is -3.02. The van der Waals surface area contributed by atoms with Gasteiger partial charge in [-0.25, -0.2) is 0 Å². The van der Waals surface area contributed by atoms with Crippen LogP contribution in [0.4, 0.5) is 13.2 Å². The van der Waals surface area contributed by atoms with E-state index < -0.39 is 11.7 Å². The number of alkyl halides is 4. The van der Waals surface area contributed by atoms with Gasteiger partial charge in [0.1, 0.15) is 0 Å². The first-order chi connectivity index (χ1) is 6.39. The summed E-state index contributed by atoms with van der Waals surface area (Å²) in [5, 5.41) is -0.126. The SMILES string of the molecule is CC(Cl)Cc1ccc(C(F)(F)F)cn1. The van der Waals surface area contributed by atoms with Crippen molar-refractivity contribution in [2.45, 2.75) is 24.9 Å². The molecule has 1 aromatic heterocycles. The van der Waals surface area contributed by atoms with Crippen LogP contribution in [0.25, 0.3) is 0 Å². The molecule has 0 N–H and O–H groups in total. The second kappa shape index (κ2) is 4.17. The van der Waals surface area contributed by atoms with Gasteiger partial charge >= 0.3 is 6.18 Å². The summed E-state index contributed by atoms with van der Waals surface area (Å²) in [7, 11) is 0. The Bertz CT molecular complexity index is 292. The van der Waals surface area contributed by atoms with Gasteiger partial charge in [0.15, 0.2) is 0 Å². The summed E-state index contributed by atoms with van der Waals surface area (Å²) < 4.78 is 36.3. The summed E-state index contributed by atoms with van der Waals surface area (Å²) in [5.41, 5.74) is -0.163. The molecule has 0 saturated heterocycles. The van der Waals surface area contributed by atoms with E-state index in [1.807, 2.05) is 0 Å². The highest BCUT2D eigenvalue weighted by atomic mass is 35.5. The average Bonchev–Trinajstić information content (AvgIpc) is 2.02. The van der Waals surface area contributed by atoms with E-state index in [0.717, 1.165) is 12.3 Å². The fraction of sp³-hybridized carbons (Fsp3) is 0.444. The highest BCUT2D eigenvalue weighted by Crippen LogP contribution is 2.28. The van der Waals surface area contributed by atoms with E-state index in [9.17, 15) is 13.2 Å². The molecule has 0 amide bonds. The van der Waals surface area contributed by atoms with Crippen molar-refractivity contribution in [3.8, 4) is 0 Å². The lowest BCUT2D eigenvalue weighted by atomic mass is 10.2. The molecule has 0 saturated carbocycles. The van der Waals surface area contributed by atoms with Crippen molar-refractivity contribution in [2.75, 3.05) is 0 Å². The molecule has 1 nitrogen and oxygen atoms in total. The van der Waals surface area contributed by atoms with Crippen LogP contribution in [0.5, 0.6) is 0 Å². The van der Waals surface area contributed by atoms with E-state index in [-0.39, 0.29) is 5.38 Å². The molecule has 0 bridgehead atoms. The minimum Gasteiger partial charge on any atom is -0.261 e. The molecule has 1 atom stereocenters. The first kappa shape index (κ1) is 11.3. The first-order valence-electron chi connectivity index (χ1n) is 4.06. The van der Waals surface area contributed by atoms with Crippen molar-refractivity contribution in [3.63, 3.8) is 0 Å². The van der Waals surface area contributed by atoms with E-state index in [1.54, 1.807) is 6.92 Å². The van der Waals surface area contributed by atoms with Gasteiger partial charge in [-0.2, -0.15) is 13.2 Å². The summed E-state index contributed by atoms with van der Waals surface area (Å²) in [6.45, 7) is 1.76. The lowest BCUT2D eigenvalue weighted by Gasteiger charge is -2.07. The van der Waals surface area contributed by atoms with Crippen LogP contribution in [-0.2, 0) is 12.6 Å². The number of hydrogen-bond donors (Lipinski definition) is 0. The predicted molar refractivity (Wildman–Crippen MR) is 48.3 cm³/mol. The molecule has 1 heterocycles. The maximum atomic E-state index is 12.1. The molecular weight excluding hydrogens is 215 g/mol. The maximum absolute atomic E-state index is 12.1. The average molecular weight is 224 g/mol. The minimum atomic E-state index is -4.32. The van der Waals surface area contributed by atoms with Gasteiger partial charge in [-0.3, -0.25) is 4.98 Å². The van der Waals surface area contributed by atoms with Gasteiger partial charge in [0, 0.05) is 23.7 Å². The molecule has 78 valence electrons. The molecule has 0 fully saturated rings. The number of halogens is 4. The monoisotopic (exact) mass is 223 g/mol. The minimum absolute atomic E-state index is 0.126. The fourth-order valence-corrected chi connectivity index (χ4v) is 1.16. The molecule has 0 aliphatic heterocycles. The molecular formula is C9H9ClF3N. The number of pyridine rings is 1. The Morgan fingerprint density at radius 2 is 2.07 bits per heavy atom. The van der Waals surface area contributed by atoms with E-state index in [2.05, 4.69) is 4.98 Å². The molecule has 1 aromatic rings. The van der Waals surface area contributed by atoms with Gasteiger partial charge in [0.2, 0.25) is 0 Å². The summed E-state index contributed by atoms with van der Waals surface area (Å²) >= 11 is 5.68. The molecule has 0 aliphatic rings. The van der Waals surface area contributed by atoms with Crippen LogP contribution in [0.3, 0.4) is 0 Å². The normalized spacial score (nSPS) is 14.1. The Morgan fingerprint density at radius 1 is 1.43 bits per heavy atom. The molecule has 14 heavy (non-hydrogen) atoms. The Morgan fingerprint density at radius 3 is 2.43 bits per heavy atom. The largest absolute Gasteiger partial charge is 0.417 e. The maximum Gasteiger partial charge on any atom is 0.417 e. The zero-order valence-electron chi connectivity index (χ0n) is 7.48. The van der Waals surface area contributed by atoms with Crippen molar-refractivity contribution in [1.82, 2.24) is 4.98 Å². The molecule has 1 rings (SSSR count). The van der Waals surface area contributed by atoms with Crippen LogP contribution in [-0.4, -0.2) is 10.4 Å².